The van der Waals surface area contributed by atoms with Crippen molar-refractivity contribution in [2.75, 3.05) is 26.2 Å². The van der Waals surface area contributed by atoms with E-state index >= 15 is 0 Å². The van der Waals surface area contributed by atoms with E-state index in [2.05, 4.69) is 13.8 Å². The molecule has 3 atom stereocenters. The summed E-state index contributed by atoms with van der Waals surface area (Å²) in [5.74, 6) is 0.172. The third kappa shape index (κ3) is 4.32. The number of benzene rings is 1. The van der Waals surface area contributed by atoms with Gasteiger partial charge in [-0.3, -0.25) is 4.79 Å². The summed E-state index contributed by atoms with van der Waals surface area (Å²) in [4.78, 5) is 16.4. The summed E-state index contributed by atoms with van der Waals surface area (Å²) in [6.07, 6.45) is 3.25. The Balaban J connectivity index is 1.67. The molecule has 3 rings (SSSR count). The predicted octanol–water partition coefficient (Wildman–Crippen LogP) is 0.625. The summed E-state index contributed by atoms with van der Waals surface area (Å²) in [5, 5.41) is 9.24. The van der Waals surface area contributed by atoms with E-state index in [0.29, 0.717) is 26.2 Å². The quantitative estimate of drug-likeness (QED) is 0.776. The van der Waals surface area contributed by atoms with Gasteiger partial charge in [0.05, 0.1) is 36.6 Å². The molecule has 0 spiro atoms. The molecule has 2 aliphatic rings. The van der Waals surface area contributed by atoms with Gasteiger partial charge in [-0.15, -0.1) is 0 Å². The molecule has 2 heterocycles. The molecule has 0 aliphatic carbocycles. The zero-order valence-electron chi connectivity index (χ0n) is 17.5. The maximum Gasteiger partial charge on any atom is 0.281 e. The van der Waals surface area contributed by atoms with Crippen LogP contribution in [0.2, 0.25) is 0 Å². The van der Waals surface area contributed by atoms with Crippen LogP contribution in [-0.2, 0) is 14.8 Å². The van der Waals surface area contributed by atoms with E-state index in [-0.39, 0.29) is 34.5 Å². The Hall–Kier alpha value is -1.95. The summed E-state index contributed by atoms with van der Waals surface area (Å²) < 4.78 is 27.4. The summed E-state index contributed by atoms with van der Waals surface area (Å²) in [6, 6.07) is 8.61. The number of amides is 1. The van der Waals surface area contributed by atoms with Gasteiger partial charge >= 0.3 is 0 Å². The fourth-order valence-electron chi connectivity index (χ4n) is 4.62. The Morgan fingerprint density at radius 2 is 1.76 bits per heavy atom. The van der Waals surface area contributed by atoms with Crippen LogP contribution >= 0.6 is 0 Å². The smallest absolute Gasteiger partial charge is 0.281 e. The monoisotopic (exact) mass is 419 g/mol. The van der Waals surface area contributed by atoms with Crippen LogP contribution in [-0.4, -0.2) is 67.8 Å². The van der Waals surface area contributed by atoms with Crippen LogP contribution in [0.5, 0.6) is 0 Å². The van der Waals surface area contributed by atoms with Gasteiger partial charge in [0.25, 0.3) is 5.91 Å². The first kappa shape index (κ1) is 21.8. The lowest BCUT2D eigenvalue weighted by Gasteiger charge is -2.42. The number of hydrogen-bond donors (Lipinski definition) is 1. The maximum absolute atomic E-state index is 13.1. The Morgan fingerprint density at radius 3 is 2.34 bits per heavy atom. The number of nitrogens with one attached hydrogen (secondary N) is 1. The van der Waals surface area contributed by atoms with E-state index in [1.807, 2.05) is 17.9 Å². The van der Waals surface area contributed by atoms with Crippen molar-refractivity contribution in [3.05, 3.63) is 29.8 Å². The first-order valence-electron chi connectivity index (χ1n) is 10.4. The van der Waals surface area contributed by atoms with Crippen LogP contribution in [0.3, 0.4) is 0 Å². The van der Waals surface area contributed by atoms with E-state index in [4.69, 9.17) is 0 Å². The number of nitriles is 1. The predicted molar refractivity (Wildman–Crippen MR) is 110 cm³/mol. The zero-order chi connectivity index (χ0) is 21.2. The number of carbonyl (C=O) groups excluding carboxylic acids is 1. The number of hydrogen-bond acceptors (Lipinski definition) is 4. The van der Waals surface area contributed by atoms with Crippen molar-refractivity contribution >= 4 is 15.9 Å². The molecule has 0 bridgehead atoms. The van der Waals surface area contributed by atoms with Crippen LogP contribution in [0.4, 0.5) is 0 Å². The van der Waals surface area contributed by atoms with Crippen molar-refractivity contribution in [1.29, 1.82) is 5.26 Å². The lowest BCUT2D eigenvalue weighted by atomic mass is 9.96. The standard InChI is InChI=1S/C21H30N4O3S/c1-16-7-6-8-17(2)25(16)21(26)18(3)23-11-13-24(14-12-23)29(27,28)20-10-5-4-9-19(20)15-22/h4-5,9-10,16-18H,6-8,11-14H2,1-3H3/p+1/t16-,17-,18-/m1/s1. The molecule has 2 aliphatic heterocycles. The van der Waals surface area contributed by atoms with Crippen molar-refractivity contribution in [2.24, 2.45) is 0 Å². The van der Waals surface area contributed by atoms with Crippen molar-refractivity contribution in [2.45, 2.75) is 63.1 Å². The number of piperazine rings is 1. The van der Waals surface area contributed by atoms with Crippen LogP contribution < -0.4 is 4.90 Å². The highest BCUT2D eigenvalue weighted by Crippen LogP contribution is 2.23. The molecular formula is C21H31N4O3S+. The van der Waals surface area contributed by atoms with Crippen molar-refractivity contribution < 1.29 is 18.1 Å². The number of carbonyl (C=O) groups is 1. The summed E-state index contributed by atoms with van der Waals surface area (Å²) in [7, 11) is -3.71. The highest BCUT2D eigenvalue weighted by Gasteiger charge is 2.39. The van der Waals surface area contributed by atoms with Gasteiger partial charge in [-0.25, -0.2) is 8.42 Å². The van der Waals surface area contributed by atoms with Crippen LogP contribution in [0.25, 0.3) is 0 Å². The maximum atomic E-state index is 13.1. The lowest BCUT2D eigenvalue weighted by molar-refractivity contribution is -0.918. The van der Waals surface area contributed by atoms with E-state index in [1.54, 1.807) is 12.1 Å². The highest BCUT2D eigenvalue weighted by atomic mass is 32.2. The van der Waals surface area contributed by atoms with Crippen molar-refractivity contribution in [1.82, 2.24) is 9.21 Å². The molecule has 0 radical (unpaired) electrons. The zero-order valence-corrected chi connectivity index (χ0v) is 18.3. The molecule has 1 aromatic rings. The first-order valence-corrected chi connectivity index (χ1v) is 11.9. The van der Waals surface area contributed by atoms with Gasteiger partial charge in [-0.05, 0) is 52.2 Å². The number of nitrogens with zero attached hydrogens (tertiary/aromatic N) is 3. The second-order valence-corrected chi connectivity index (χ2v) is 10.2. The second-order valence-electron chi connectivity index (χ2n) is 8.27. The largest absolute Gasteiger partial charge is 0.332 e. The lowest BCUT2D eigenvalue weighted by Crippen LogP contribution is -3.19. The fraction of sp³-hybridized carbons (Fsp3) is 0.619. The molecule has 2 saturated heterocycles. The molecule has 1 aromatic carbocycles. The number of likely N-dealkylation sites (tertiary alicyclic amines) is 1. The molecule has 0 unspecified atom stereocenters. The minimum absolute atomic E-state index is 0.0611. The summed E-state index contributed by atoms with van der Waals surface area (Å²) in [6.45, 7) is 8.05. The number of sulfonamides is 1. The van der Waals surface area contributed by atoms with Crippen LogP contribution in [0, 0.1) is 11.3 Å². The topological polar surface area (TPSA) is 85.9 Å². The van der Waals surface area contributed by atoms with Gasteiger partial charge in [0, 0.05) is 12.1 Å². The van der Waals surface area contributed by atoms with Crippen LogP contribution in [0.1, 0.15) is 45.6 Å². The van der Waals surface area contributed by atoms with Gasteiger partial charge in [0.15, 0.2) is 6.04 Å². The molecule has 158 valence electrons. The van der Waals surface area contributed by atoms with Gasteiger partial charge in [0.2, 0.25) is 10.0 Å². The highest BCUT2D eigenvalue weighted by molar-refractivity contribution is 7.89. The third-order valence-electron chi connectivity index (χ3n) is 6.42. The number of piperidine rings is 1. The molecule has 0 saturated carbocycles. The Morgan fingerprint density at radius 1 is 1.17 bits per heavy atom. The molecule has 29 heavy (non-hydrogen) atoms. The Bertz CT molecular complexity index is 877. The molecule has 8 heteroatoms. The fourth-order valence-corrected chi connectivity index (χ4v) is 6.21. The Kier molecular flexibility index (Phi) is 6.62. The minimum atomic E-state index is -3.71. The molecule has 0 aromatic heterocycles. The molecule has 1 N–H and O–H groups in total. The van der Waals surface area contributed by atoms with Crippen molar-refractivity contribution in [3.63, 3.8) is 0 Å². The van der Waals surface area contributed by atoms with Gasteiger partial charge in [0.1, 0.15) is 6.07 Å². The Labute approximate surface area is 173 Å². The van der Waals surface area contributed by atoms with E-state index in [0.717, 1.165) is 24.2 Å². The average Bonchev–Trinajstić information content (AvgIpc) is 2.73. The molecular weight excluding hydrogens is 388 g/mol. The molecule has 1 amide bonds. The molecule has 2 fully saturated rings. The second kappa shape index (κ2) is 8.82. The number of rotatable bonds is 4. The van der Waals surface area contributed by atoms with E-state index in [1.165, 1.54) is 16.4 Å². The average molecular weight is 420 g/mol. The SMILES string of the molecule is C[C@@H]1CCC[C@@H](C)N1C(=O)[C@@H](C)[NH+]1CCN(S(=O)(=O)c2ccccc2C#N)CC1. The van der Waals surface area contributed by atoms with Crippen molar-refractivity contribution in [3.8, 4) is 6.07 Å². The van der Waals surface area contributed by atoms with Gasteiger partial charge in [-0.2, -0.15) is 9.57 Å². The normalized spacial score (nSPS) is 25.4. The van der Waals surface area contributed by atoms with E-state index < -0.39 is 10.0 Å². The van der Waals surface area contributed by atoms with Crippen LogP contribution in [0.15, 0.2) is 29.2 Å². The van der Waals surface area contributed by atoms with Gasteiger partial charge in [-0.1, -0.05) is 12.1 Å². The summed E-state index contributed by atoms with van der Waals surface area (Å²) >= 11 is 0. The molecule has 7 nitrogen and oxygen atoms in total. The summed E-state index contributed by atoms with van der Waals surface area (Å²) in [5.41, 5.74) is 0.166. The van der Waals surface area contributed by atoms with E-state index in [9.17, 15) is 18.5 Å². The first-order chi connectivity index (χ1) is 13.8. The minimum Gasteiger partial charge on any atom is -0.332 e. The third-order valence-corrected chi connectivity index (χ3v) is 8.38. The number of quaternary nitrogens is 1. The van der Waals surface area contributed by atoms with Gasteiger partial charge < -0.3 is 9.80 Å².